The fourth-order valence-electron chi connectivity index (χ4n) is 1.29. The normalized spacial score (nSPS) is 10.5. The quantitative estimate of drug-likeness (QED) is 0.936. The van der Waals surface area contributed by atoms with E-state index in [4.69, 9.17) is 5.11 Å². The standard InChI is InChI=1S/C11H10FN3O2S2/c1-15(2)10-13-14-11(19-10)18-8-6(9(16)17)4-3-5-7(8)12/h3-5H,1-2H3,(H,16,17). The van der Waals surface area contributed by atoms with Crippen LogP contribution < -0.4 is 4.90 Å². The van der Waals surface area contributed by atoms with Crippen LogP contribution in [0.15, 0.2) is 27.4 Å². The van der Waals surface area contributed by atoms with Crippen molar-refractivity contribution < 1.29 is 14.3 Å². The van der Waals surface area contributed by atoms with Crippen molar-refractivity contribution >= 4 is 34.2 Å². The minimum Gasteiger partial charge on any atom is -0.478 e. The van der Waals surface area contributed by atoms with Gasteiger partial charge in [-0.15, -0.1) is 10.2 Å². The van der Waals surface area contributed by atoms with Gasteiger partial charge in [0.05, 0.1) is 10.5 Å². The first-order valence-electron chi connectivity index (χ1n) is 5.19. The smallest absolute Gasteiger partial charge is 0.336 e. The van der Waals surface area contributed by atoms with Crippen molar-refractivity contribution in [3.8, 4) is 0 Å². The van der Waals surface area contributed by atoms with Crippen molar-refractivity contribution in [3.63, 3.8) is 0 Å². The largest absolute Gasteiger partial charge is 0.478 e. The lowest BCUT2D eigenvalue weighted by Gasteiger charge is -2.05. The van der Waals surface area contributed by atoms with Gasteiger partial charge in [-0.25, -0.2) is 9.18 Å². The van der Waals surface area contributed by atoms with E-state index in [1.807, 2.05) is 14.1 Å². The number of rotatable bonds is 4. The number of benzene rings is 1. The van der Waals surface area contributed by atoms with Crippen molar-refractivity contribution in [3.05, 3.63) is 29.6 Å². The van der Waals surface area contributed by atoms with Gasteiger partial charge in [0.1, 0.15) is 5.82 Å². The molecule has 0 amide bonds. The predicted octanol–water partition coefficient (Wildman–Crippen LogP) is 2.59. The van der Waals surface area contributed by atoms with E-state index < -0.39 is 11.8 Å². The average molecular weight is 299 g/mol. The maximum absolute atomic E-state index is 13.7. The average Bonchev–Trinajstić information content (AvgIpc) is 2.80. The molecule has 100 valence electrons. The topological polar surface area (TPSA) is 66.3 Å². The number of carboxylic acids is 1. The first-order chi connectivity index (χ1) is 8.99. The zero-order valence-corrected chi connectivity index (χ0v) is 11.8. The molecule has 0 saturated carbocycles. The van der Waals surface area contributed by atoms with Crippen molar-refractivity contribution in [2.24, 2.45) is 0 Å². The maximum Gasteiger partial charge on any atom is 0.336 e. The zero-order valence-electron chi connectivity index (χ0n) is 10.1. The summed E-state index contributed by atoms with van der Waals surface area (Å²) in [6.45, 7) is 0. The summed E-state index contributed by atoms with van der Waals surface area (Å²) in [5.74, 6) is -1.74. The fourth-order valence-corrected chi connectivity index (χ4v) is 3.12. The summed E-state index contributed by atoms with van der Waals surface area (Å²) in [6, 6.07) is 3.96. The van der Waals surface area contributed by atoms with E-state index in [1.54, 1.807) is 4.90 Å². The van der Waals surface area contributed by atoms with Gasteiger partial charge in [-0.1, -0.05) is 29.2 Å². The lowest BCUT2D eigenvalue weighted by molar-refractivity contribution is 0.0692. The molecule has 0 bridgehead atoms. The molecule has 1 aromatic carbocycles. The molecule has 0 saturated heterocycles. The Kier molecular flexibility index (Phi) is 4.01. The SMILES string of the molecule is CN(C)c1nnc(Sc2c(F)cccc2C(=O)O)s1. The number of aromatic nitrogens is 2. The lowest BCUT2D eigenvalue weighted by atomic mass is 10.2. The van der Waals surface area contributed by atoms with E-state index in [-0.39, 0.29) is 10.5 Å². The van der Waals surface area contributed by atoms with Crippen LogP contribution in [0.5, 0.6) is 0 Å². The highest BCUT2D eigenvalue weighted by atomic mass is 32.2. The Morgan fingerprint density at radius 2 is 2.16 bits per heavy atom. The summed E-state index contributed by atoms with van der Waals surface area (Å²) in [4.78, 5) is 12.9. The van der Waals surface area contributed by atoms with Crippen LogP contribution >= 0.6 is 23.1 Å². The highest BCUT2D eigenvalue weighted by molar-refractivity contribution is 8.01. The van der Waals surface area contributed by atoms with Gasteiger partial charge in [0.25, 0.3) is 0 Å². The van der Waals surface area contributed by atoms with Crippen LogP contribution in [0.4, 0.5) is 9.52 Å². The molecule has 1 N–H and O–H groups in total. The second-order valence-electron chi connectivity index (χ2n) is 3.77. The highest BCUT2D eigenvalue weighted by Gasteiger charge is 2.17. The van der Waals surface area contributed by atoms with Crippen molar-refractivity contribution in [1.29, 1.82) is 0 Å². The van der Waals surface area contributed by atoms with Gasteiger partial charge in [0, 0.05) is 14.1 Å². The molecule has 2 aromatic rings. The summed E-state index contributed by atoms with van der Waals surface area (Å²) < 4.78 is 14.2. The van der Waals surface area contributed by atoms with Gasteiger partial charge >= 0.3 is 5.97 Å². The van der Waals surface area contributed by atoms with Gasteiger partial charge in [-0.2, -0.15) is 0 Å². The number of aromatic carboxylic acids is 1. The molecule has 0 aliphatic heterocycles. The van der Waals surface area contributed by atoms with Crippen LogP contribution in [-0.2, 0) is 0 Å². The van der Waals surface area contributed by atoms with E-state index in [1.165, 1.54) is 29.5 Å². The molecular formula is C11H10FN3O2S2. The number of carbonyl (C=O) groups is 1. The molecule has 19 heavy (non-hydrogen) atoms. The molecule has 0 radical (unpaired) electrons. The molecule has 0 fully saturated rings. The lowest BCUT2D eigenvalue weighted by Crippen LogP contribution is -2.07. The molecular weight excluding hydrogens is 289 g/mol. The molecule has 0 atom stereocenters. The number of carboxylic acid groups (broad SMARTS) is 1. The van der Waals surface area contributed by atoms with Crippen molar-refractivity contribution in [2.75, 3.05) is 19.0 Å². The number of halogens is 1. The molecule has 0 spiro atoms. The Balaban J connectivity index is 2.34. The van der Waals surface area contributed by atoms with Crippen molar-refractivity contribution in [1.82, 2.24) is 10.2 Å². The second-order valence-corrected chi connectivity index (χ2v) is 5.98. The molecule has 0 aliphatic carbocycles. The molecule has 0 aliphatic rings. The third-order valence-corrected chi connectivity index (χ3v) is 4.43. The minimum absolute atomic E-state index is 0.0523. The number of hydrogen-bond acceptors (Lipinski definition) is 6. The van der Waals surface area contributed by atoms with E-state index in [2.05, 4.69) is 10.2 Å². The van der Waals surface area contributed by atoms with Gasteiger partial charge in [0.2, 0.25) is 5.13 Å². The molecule has 1 aromatic heterocycles. The number of hydrogen-bond donors (Lipinski definition) is 1. The highest BCUT2D eigenvalue weighted by Crippen LogP contribution is 2.36. The first kappa shape index (κ1) is 13.8. The summed E-state index contributed by atoms with van der Waals surface area (Å²) in [5, 5.41) is 17.5. The number of nitrogens with zero attached hydrogens (tertiary/aromatic N) is 3. The molecule has 1 heterocycles. The summed E-state index contributed by atoms with van der Waals surface area (Å²) >= 11 is 2.24. The monoisotopic (exact) mass is 299 g/mol. The predicted molar refractivity (Wildman–Crippen MR) is 71.7 cm³/mol. The van der Waals surface area contributed by atoms with Crippen LogP contribution in [0.1, 0.15) is 10.4 Å². The Labute approximate surface area is 117 Å². The Bertz CT molecular complexity index is 616. The van der Waals surface area contributed by atoms with Crippen molar-refractivity contribution in [2.45, 2.75) is 9.24 Å². The second kappa shape index (κ2) is 5.54. The first-order valence-corrected chi connectivity index (χ1v) is 6.83. The Morgan fingerprint density at radius 3 is 2.74 bits per heavy atom. The Hall–Kier alpha value is -1.67. The van der Waals surface area contributed by atoms with Gasteiger partial charge in [-0.3, -0.25) is 0 Å². The van der Waals surface area contributed by atoms with Crippen LogP contribution in [0, 0.1) is 5.82 Å². The van der Waals surface area contributed by atoms with Gasteiger partial charge < -0.3 is 10.0 Å². The van der Waals surface area contributed by atoms with Gasteiger partial charge in [0.15, 0.2) is 4.34 Å². The van der Waals surface area contributed by atoms with E-state index >= 15 is 0 Å². The third kappa shape index (κ3) is 3.02. The molecule has 5 nitrogen and oxygen atoms in total. The molecule has 0 unspecified atom stereocenters. The number of anilines is 1. The van der Waals surface area contributed by atoms with E-state index in [9.17, 15) is 9.18 Å². The van der Waals surface area contributed by atoms with Gasteiger partial charge in [-0.05, 0) is 12.1 Å². The van der Waals surface area contributed by atoms with Crippen LogP contribution in [0.3, 0.4) is 0 Å². The minimum atomic E-state index is -1.17. The molecule has 8 heteroatoms. The summed E-state index contributed by atoms with van der Waals surface area (Å²) in [7, 11) is 3.64. The van der Waals surface area contributed by atoms with E-state index in [0.29, 0.717) is 9.47 Å². The van der Waals surface area contributed by atoms with Crippen LogP contribution in [0.2, 0.25) is 0 Å². The Morgan fingerprint density at radius 1 is 1.42 bits per heavy atom. The third-order valence-electron chi connectivity index (χ3n) is 2.17. The summed E-state index contributed by atoms with van der Waals surface area (Å²) in [5.41, 5.74) is -0.0772. The maximum atomic E-state index is 13.7. The van der Waals surface area contributed by atoms with Crippen LogP contribution in [0.25, 0.3) is 0 Å². The van der Waals surface area contributed by atoms with E-state index in [0.717, 1.165) is 11.8 Å². The zero-order chi connectivity index (χ0) is 14.0. The van der Waals surface area contributed by atoms with Crippen LogP contribution in [-0.4, -0.2) is 35.4 Å². The fraction of sp³-hybridized carbons (Fsp3) is 0.182. The molecule has 2 rings (SSSR count). The summed E-state index contributed by atoms with van der Waals surface area (Å²) in [6.07, 6.45) is 0.